The third kappa shape index (κ3) is 8.86. The van der Waals surface area contributed by atoms with Crippen LogP contribution in [0.5, 0.6) is 0 Å². The Morgan fingerprint density at radius 3 is 1.67 bits per heavy atom. The van der Waals surface area contributed by atoms with Crippen molar-refractivity contribution in [2.75, 3.05) is 45.6 Å². The molecule has 0 heterocycles. The van der Waals surface area contributed by atoms with E-state index in [4.69, 9.17) is 0 Å². The van der Waals surface area contributed by atoms with Crippen LogP contribution < -0.4 is 0 Å². The second-order valence-electron chi connectivity index (χ2n) is 4.11. The first-order valence-electron chi connectivity index (χ1n) is 3.56. The molecule has 0 radical (unpaired) electrons. The van der Waals surface area contributed by atoms with Gasteiger partial charge in [-0.2, -0.15) is 0 Å². The molecule has 58 valence electrons. The fraction of sp³-hybridized carbons (Fsp3) is 1.00. The summed E-state index contributed by atoms with van der Waals surface area (Å²) in [5, 5.41) is 0. The summed E-state index contributed by atoms with van der Waals surface area (Å²) in [5.74, 6) is 0. The number of hydrogen-bond acceptors (Lipinski definition) is 0. The standard InChI is InChI=1S/C7H20P2/c1-8(2)6-7-9(3,4)5/h9H,6-7H2,1-5H3. The van der Waals surface area contributed by atoms with Gasteiger partial charge in [-0.3, -0.25) is 0 Å². The van der Waals surface area contributed by atoms with Gasteiger partial charge in [-0.05, 0) is 0 Å². The van der Waals surface area contributed by atoms with Gasteiger partial charge in [-0.25, -0.2) is 0 Å². The fourth-order valence-corrected chi connectivity index (χ4v) is 5.03. The van der Waals surface area contributed by atoms with E-state index in [1.807, 2.05) is 0 Å². The molecule has 0 aliphatic rings. The molecule has 0 aromatic rings. The van der Waals surface area contributed by atoms with E-state index in [1.165, 1.54) is 12.3 Å². The Morgan fingerprint density at radius 1 is 1.11 bits per heavy atom. The summed E-state index contributed by atoms with van der Waals surface area (Å²) in [6.07, 6.45) is 3.01. The molecule has 0 fully saturated rings. The molecule has 0 aliphatic carbocycles. The average molecular weight is 166 g/mol. The Kier molecular flexibility index (Phi) is 4.26. The van der Waals surface area contributed by atoms with Crippen LogP contribution in [-0.2, 0) is 0 Å². The average Bonchev–Trinajstić information content (AvgIpc) is 1.59. The van der Waals surface area contributed by atoms with Crippen molar-refractivity contribution < 1.29 is 0 Å². The summed E-state index contributed by atoms with van der Waals surface area (Å²) in [6.45, 7) is 12.1. The van der Waals surface area contributed by atoms with Crippen LogP contribution >= 0.6 is 15.2 Å². The van der Waals surface area contributed by atoms with Crippen molar-refractivity contribution in [3.63, 3.8) is 0 Å². The second-order valence-corrected chi connectivity index (χ2v) is 12.3. The van der Waals surface area contributed by atoms with Gasteiger partial charge < -0.3 is 0 Å². The van der Waals surface area contributed by atoms with Gasteiger partial charge in [-0.1, -0.05) is 0 Å². The molecule has 0 unspecified atom stereocenters. The second kappa shape index (κ2) is 3.89. The van der Waals surface area contributed by atoms with Gasteiger partial charge in [0.15, 0.2) is 0 Å². The zero-order valence-corrected chi connectivity index (χ0v) is 9.26. The van der Waals surface area contributed by atoms with Crippen LogP contribution in [-0.4, -0.2) is 45.6 Å². The minimum atomic E-state index is -0.704. The van der Waals surface area contributed by atoms with Crippen LogP contribution in [0.4, 0.5) is 0 Å². The third-order valence-corrected chi connectivity index (χ3v) is 4.60. The molecule has 0 N–H and O–H groups in total. The molecule has 0 bridgehead atoms. The summed E-state index contributed by atoms with van der Waals surface area (Å²) in [5.41, 5.74) is 0. The fourth-order valence-electron chi connectivity index (χ4n) is 0.559. The van der Waals surface area contributed by atoms with E-state index in [2.05, 4.69) is 33.3 Å². The van der Waals surface area contributed by atoms with Crippen molar-refractivity contribution in [2.24, 2.45) is 0 Å². The normalized spacial score (nSPS) is 14.4. The van der Waals surface area contributed by atoms with Gasteiger partial charge in [0.05, 0.1) is 0 Å². The molecule has 9 heavy (non-hydrogen) atoms. The summed E-state index contributed by atoms with van der Waals surface area (Å²) < 4.78 is 0. The summed E-state index contributed by atoms with van der Waals surface area (Å²) in [7, 11) is -0.334. The van der Waals surface area contributed by atoms with Crippen LogP contribution in [0.3, 0.4) is 0 Å². The summed E-state index contributed by atoms with van der Waals surface area (Å²) in [6, 6.07) is 0. The van der Waals surface area contributed by atoms with Crippen LogP contribution in [0, 0.1) is 0 Å². The SMILES string of the molecule is CP(C)CC[PH](C)(C)C. The molecule has 0 rings (SSSR count). The molecule has 0 atom stereocenters. The Balaban J connectivity index is 3.28. The monoisotopic (exact) mass is 166 g/mol. The summed E-state index contributed by atoms with van der Waals surface area (Å²) >= 11 is 0. The van der Waals surface area contributed by atoms with E-state index in [1.54, 1.807) is 0 Å². The molecule has 0 saturated heterocycles. The van der Waals surface area contributed by atoms with E-state index >= 15 is 0 Å². The van der Waals surface area contributed by atoms with E-state index in [-0.39, 0.29) is 0 Å². The van der Waals surface area contributed by atoms with Gasteiger partial charge in [0, 0.05) is 0 Å². The van der Waals surface area contributed by atoms with Crippen molar-refractivity contribution in [1.29, 1.82) is 0 Å². The zero-order valence-electron chi connectivity index (χ0n) is 7.36. The Morgan fingerprint density at radius 2 is 1.56 bits per heavy atom. The maximum absolute atomic E-state index is 2.45. The molecule has 0 aliphatic heterocycles. The van der Waals surface area contributed by atoms with E-state index in [0.29, 0.717) is 7.92 Å². The molecular formula is C7H20P2. The van der Waals surface area contributed by atoms with Crippen LogP contribution in [0.2, 0.25) is 0 Å². The molecule has 0 nitrogen and oxygen atoms in total. The number of hydrogen-bond donors (Lipinski definition) is 0. The predicted octanol–water partition coefficient (Wildman–Crippen LogP) is 2.37. The number of rotatable bonds is 3. The topological polar surface area (TPSA) is 0 Å². The molecule has 0 aromatic carbocycles. The molecule has 0 saturated carbocycles. The van der Waals surface area contributed by atoms with E-state index in [9.17, 15) is 0 Å². The Bertz CT molecular complexity index is 71.5. The van der Waals surface area contributed by atoms with Gasteiger partial charge in [0.1, 0.15) is 0 Å². The third-order valence-electron chi connectivity index (χ3n) is 1.31. The van der Waals surface area contributed by atoms with Crippen molar-refractivity contribution in [2.45, 2.75) is 0 Å². The molecule has 0 amide bonds. The minimum absolute atomic E-state index is 0.370. The molecule has 0 spiro atoms. The first-order chi connectivity index (χ1) is 3.92. The molecular weight excluding hydrogens is 146 g/mol. The van der Waals surface area contributed by atoms with Crippen LogP contribution in [0.25, 0.3) is 0 Å². The Hall–Kier alpha value is 0.860. The van der Waals surface area contributed by atoms with Crippen molar-refractivity contribution >= 4 is 15.2 Å². The zero-order chi connectivity index (χ0) is 7.49. The van der Waals surface area contributed by atoms with Crippen molar-refractivity contribution in [3.8, 4) is 0 Å². The van der Waals surface area contributed by atoms with Gasteiger partial charge >= 0.3 is 60.8 Å². The van der Waals surface area contributed by atoms with E-state index in [0.717, 1.165) is 0 Å². The molecule has 2 heteroatoms. The molecule has 0 aromatic heterocycles. The first-order valence-corrected chi connectivity index (χ1v) is 9.69. The van der Waals surface area contributed by atoms with Crippen molar-refractivity contribution in [3.05, 3.63) is 0 Å². The van der Waals surface area contributed by atoms with Crippen molar-refractivity contribution in [1.82, 2.24) is 0 Å². The van der Waals surface area contributed by atoms with Crippen LogP contribution in [0.1, 0.15) is 0 Å². The first kappa shape index (κ1) is 9.86. The van der Waals surface area contributed by atoms with E-state index < -0.39 is 7.26 Å². The maximum atomic E-state index is 2.45. The van der Waals surface area contributed by atoms with Crippen LogP contribution in [0.15, 0.2) is 0 Å². The van der Waals surface area contributed by atoms with Gasteiger partial charge in [0.2, 0.25) is 0 Å². The predicted molar refractivity (Wildman–Crippen MR) is 54.6 cm³/mol. The Labute approximate surface area is 61.5 Å². The quantitative estimate of drug-likeness (QED) is 0.564. The summed E-state index contributed by atoms with van der Waals surface area (Å²) in [4.78, 5) is 0. The van der Waals surface area contributed by atoms with Gasteiger partial charge in [0.25, 0.3) is 0 Å². The van der Waals surface area contributed by atoms with Gasteiger partial charge in [-0.15, -0.1) is 0 Å².